The highest BCUT2D eigenvalue weighted by Crippen LogP contribution is 2.45. The Morgan fingerprint density at radius 3 is 2.19 bits per heavy atom. The number of carbonyl (C=O) groups excluding carboxylic acids is 2. The number of rotatable bonds is 8. The van der Waals surface area contributed by atoms with Crippen LogP contribution in [0.3, 0.4) is 0 Å². The van der Waals surface area contributed by atoms with E-state index < -0.39 is 0 Å². The number of thioether (sulfide) groups is 1. The van der Waals surface area contributed by atoms with Crippen molar-refractivity contribution in [2.45, 2.75) is 47.1 Å². The van der Waals surface area contributed by atoms with Gasteiger partial charge in [0.05, 0.1) is 23.7 Å². The molecule has 0 fully saturated rings. The second-order valence-corrected chi connectivity index (χ2v) is 8.36. The zero-order valence-electron chi connectivity index (χ0n) is 19.1. The Bertz CT molecular complexity index is 915. The molecule has 2 heterocycles. The van der Waals surface area contributed by atoms with Gasteiger partial charge in [0.15, 0.2) is 5.17 Å². The highest BCUT2D eigenvalue weighted by atomic mass is 32.2. The molecule has 166 valence electrons. The molecule has 6 nitrogen and oxygen atoms in total. The van der Waals surface area contributed by atoms with Crippen LogP contribution in [0.4, 0.5) is 0 Å². The molecule has 2 aliphatic heterocycles. The van der Waals surface area contributed by atoms with E-state index in [4.69, 9.17) is 4.99 Å². The lowest BCUT2D eigenvalue weighted by Crippen LogP contribution is -2.42. The van der Waals surface area contributed by atoms with Crippen LogP contribution in [0.15, 0.2) is 57.7 Å². The summed E-state index contributed by atoms with van der Waals surface area (Å²) in [4.78, 5) is 37.0. The first kappa shape index (κ1) is 23.1. The van der Waals surface area contributed by atoms with Gasteiger partial charge >= 0.3 is 0 Å². The maximum atomic E-state index is 13.5. The van der Waals surface area contributed by atoms with Crippen LogP contribution in [-0.4, -0.2) is 57.9 Å². The van der Waals surface area contributed by atoms with Crippen LogP contribution in [0.5, 0.6) is 0 Å². The topological polar surface area (TPSA) is 56.2 Å². The van der Waals surface area contributed by atoms with Gasteiger partial charge in [-0.3, -0.25) is 9.59 Å². The van der Waals surface area contributed by atoms with Gasteiger partial charge in [0.1, 0.15) is 0 Å². The number of allylic oxidation sites excluding steroid dienone is 1. The molecule has 2 aliphatic rings. The van der Waals surface area contributed by atoms with Gasteiger partial charge in [-0.1, -0.05) is 42.1 Å². The number of carbonyl (C=O) groups is 2. The Labute approximate surface area is 189 Å². The summed E-state index contributed by atoms with van der Waals surface area (Å²) in [6.07, 6.45) is 0.294. The molecule has 0 N–H and O–H groups in total. The highest BCUT2D eigenvalue weighted by Gasteiger charge is 2.41. The molecule has 0 spiro atoms. The number of fused-ring (bicyclic) bond motifs is 1. The quantitative estimate of drug-likeness (QED) is 0.602. The second-order valence-electron chi connectivity index (χ2n) is 7.52. The van der Waals surface area contributed by atoms with E-state index in [1.54, 1.807) is 0 Å². The predicted molar refractivity (Wildman–Crippen MR) is 127 cm³/mol. The van der Waals surface area contributed by atoms with Gasteiger partial charge < -0.3 is 14.7 Å². The maximum absolute atomic E-state index is 13.5. The lowest BCUT2D eigenvalue weighted by atomic mass is 9.92. The van der Waals surface area contributed by atoms with E-state index in [2.05, 4.69) is 4.90 Å². The normalized spacial score (nSPS) is 17.8. The summed E-state index contributed by atoms with van der Waals surface area (Å²) in [6.45, 7) is 12.5. The third kappa shape index (κ3) is 4.56. The van der Waals surface area contributed by atoms with E-state index in [1.165, 1.54) is 11.8 Å². The molecule has 1 atom stereocenters. The van der Waals surface area contributed by atoms with E-state index in [1.807, 2.05) is 80.2 Å². The first-order chi connectivity index (χ1) is 15.0. The van der Waals surface area contributed by atoms with E-state index >= 15 is 0 Å². The van der Waals surface area contributed by atoms with Gasteiger partial charge in [0, 0.05) is 31.9 Å². The fourth-order valence-corrected chi connectivity index (χ4v) is 5.08. The minimum Gasteiger partial charge on any atom is -0.343 e. The summed E-state index contributed by atoms with van der Waals surface area (Å²) >= 11 is 1.52. The van der Waals surface area contributed by atoms with Crippen LogP contribution in [0, 0.1) is 0 Å². The number of likely N-dealkylation sites (N-methyl/N-ethyl adjacent to an activating group) is 1. The number of nitrogens with zero attached hydrogens (tertiary/aromatic N) is 4. The van der Waals surface area contributed by atoms with Gasteiger partial charge in [-0.05, 0) is 45.6 Å². The van der Waals surface area contributed by atoms with Gasteiger partial charge in [-0.15, -0.1) is 0 Å². The van der Waals surface area contributed by atoms with Crippen LogP contribution < -0.4 is 0 Å². The zero-order chi connectivity index (χ0) is 22.5. The molecule has 1 aromatic carbocycles. The lowest BCUT2D eigenvalue weighted by Gasteiger charge is -2.38. The monoisotopic (exact) mass is 440 g/mol. The largest absolute Gasteiger partial charge is 0.343 e. The number of aliphatic imine (C=N–C) groups is 1. The standard InChI is InChI=1S/C24H32N4O2S/c1-6-26(7-2)20(29)15-19-16-31-24-25-17(5)21(23(30)27(8-3)9-4)22(28(19)24)18-13-11-10-12-14-18/h10-14,16,22H,6-9,15H2,1-5H3. The summed E-state index contributed by atoms with van der Waals surface area (Å²) in [6, 6.07) is 9.75. The van der Waals surface area contributed by atoms with E-state index in [9.17, 15) is 9.59 Å². The molecule has 1 unspecified atom stereocenters. The summed E-state index contributed by atoms with van der Waals surface area (Å²) in [7, 11) is 0. The molecule has 31 heavy (non-hydrogen) atoms. The molecule has 0 aromatic heterocycles. The highest BCUT2D eigenvalue weighted by molar-refractivity contribution is 8.16. The molecule has 1 aromatic rings. The fourth-order valence-electron chi connectivity index (χ4n) is 4.12. The summed E-state index contributed by atoms with van der Waals surface area (Å²) in [5, 5.41) is 2.83. The second kappa shape index (κ2) is 10.2. The van der Waals surface area contributed by atoms with E-state index in [-0.39, 0.29) is 17.9 Å². The lowest BCUT2D eigenvalue weighted by molar-refractivity contribution is -0.130. The average molecular weight is 441 g/mol. The number of hydrogen-bond acceptors (Lipinski definition) is 5. The van der Waals surface area contributed by atoms with Crippen LogP contribution in [-0.2, 0) is 9.59 Å². The number of amidine groups is 1. The SMILES string of the molecule is CCN(CC)C(=O)CC1=CSC2=NC(C)=C(C(=O)N(CC)CC)C(c3ccccc3)N12. The Morgan fingerprint density at radius 2 is 1.61 bits per heavy atom. The molecule has 0 saturated heterocycles. The van der Waals surface area contributed by atoms with Crippen molar-refractivity contribution in [3.63, 3.8) is 0 Å². The third-order valence-corrected chi connectivity index (χ3v) is 6.73. The molecule has 0 saturated carbocycles. The van der Waals surface area contributed by atoms with E-state index in [0.717, 1.165) is 22.1 Å². The molecule has 3 rings (SSSR count). The number of hydrogen-bond donors (Lipinski definition) is 0. The molecular formula is C24H32N4O2S. The van der Waals surface area contributed by atoms with E-state index in [0.29, 0.717) is 38.2 Å². The first-order valence-corrected chi connectivity index (χ1v) is 11.9. The van der Waals surface area contributed by atoms with Gasteiger partial charge in [0.25, 0.3) is 5.91 Å². The third-order valence-electron chi connectivity index (χ3n) is 5.85. The predicted octanol–water partition coefficient (Wildman–Crippen LogP) is 4.39. The summed E-state index contributed by atoms with van der Waals surface area (Å²) in [5.41, 5.74) is 3.34. The Morgan fingerprint density at radius 1 is 1.00 bits per heavy atom. The van der Waals surface area contributed by atoms with Crippen molar-refractivity contribution in [2.75, 3.05) is 26.2 Å². The molecule has 0 radical (unpaired) electrons. The maximum Gasteiger partial charge on any atom is 0.254 e. The summed E-state index contributed by atoms with van der Waals surface area (Å²) < 4.78 is 0. The smallest absolute Gasteiger partial charge is 0.254 e. The van der Waals surface area contributed by atoms with Crippen molar-refractivity contribution >= 4 is 28.7 Å². The fraction of sp³-hybridized carbons (Fsp3) is 0.458. The number of benzene rings is 1. The van der Waals surface area contributed by atoms with Crippen LogP contribution in [0.1, 0.15) is 52.6 Å². The van der Waals surface area contributed by atoms with Gasteiger partial charge in [-0.25, -0.2) is 4.99 Å². The molecule has 0 aliphatic carbocycles. The first-order valence-electron chi connectivity index (χ1n) is 11.0. The van der Waals surface area contributed by atoms with Gasteiger partial charge in [-0.2, -0.15) is 0 Å². The molecule has 7 heteroatoms. The molecule has 0 bridgehead atoms. The summed E-state index contributed by atoms with van der Waals surface area (Å²) in [5.74, 6) is 0.0956. The minimum atomic E-state index is -0.299. The van der Waals surface area contributed by atoms with Crippen molar-refractivity contribution in [3.8, 4) is 0 Å². The minimum absolute atomic E-state index is 0.00507. The average Bonchev–Trinajstić information content (AvgIpc) is 3.16. The van der Waals surface area contributed by atoms with Crippen molar-refractivity contribution in [1.29, 1.82) is 0 Å². The Kier molecular flexibility index (Phi) is 7.59. The number of amides is 2. The van der Waals surface area contributed by atoms with Gasteiger partial charge in [0.2, 0.25) is 5.91 Å². The Hall–Kier alpha value is -2.54. The Balaban J connectivity index is 2.05. The van der Waals surface area contributed by atoms with Crippen LogP contribution in [0.2, 0.25) is 0 Å². The van der Waals surface area contributed by atoms with Crippen molar-refractivity contribution in [3.05, 3.63) is 58.3 Å². The zero-order valence-corrected chi connectivity index (χ0v) is 19.9. The van der Waals surface area contributed by atoms with Crippen molar-refractivity contribution in [1.82, 2.24) is 14.7 Å². The van der Waals surface area contributed by atoms with Crippen LogP contribution >= 0.6 is 11.8 Å². The van der Waals surface area contributed by atoms with Crippen LogP contribution in [0.25, 0.3) is 0 Å². The van der Waals surface area contributed by atoms with Crippen molar-refractivity contribution in [2.24, 2.45) is 4.99 Å². The molecule has 2 amide bonds. The van der Waals surface area contributed by atoms with Crippen molar-refractivity contribution < 1.29 is 9.59 Å². The molecular weight excluding hydrogens is 408 g/mol.